The summed E-state index contributed by atoms with van der Waals surface area (Å²) in [7, 11) is 0. The minimum atomic E-state index is -2.05. The maximum absolute atomic E-state index is 12.5. The van der Waals surface area contributed by atoms with E-state index in [1.165, 1.54) is 30.3 Å². The van der Waals surface area contributed by atoms with Crippen LogP contribution in [-0.4, -0.2) is 25.9 Å². The number of rotatable bonds is 5. The third-order valence-corrected chi connectivity index (χ3v) is 5.13. The van der Waals surface area contributed by atoms with Crippen molar-refractivity contribution >= 4 is 104 Å². The van der Waals surface area contributed by atoms with Gasteiger partial charge in [-0.25, -0.2) is 0 Å². The predicted octanol–water partition coefficient (Wildman–Crippen LogP) is 5.97. The molecule has 0 heterocycles. The van der Waals surface area contributed by atoms with E-state index in [0.717, 1.165) is 6.07 Å². The number of thiocarbonyl (C=S) groups is 1. The molecule has 0 radical (unpaired) electrons. The van der Waals surface area contributed by atoms with Crippen molar-refractivity contribution in [1.29, 1.82) is 0 Å². The van der Waals surface area contributed by atoms with Gasteiger partial charge in [0.1, 0.15) is 6.17 Å². The van der Waals surface area contributed by atoms with E-state index in [1.54, 1.807) is 0 Å². The van der Waals surface area contributed by atoms with Crippen LogP contribution in [0.1, 0.15) is 10.4 Å². The van der Waals surface area contributed by atoms with Crippen molar-refractivity contribution < 1.29 is 9.72 Å². The highest BCUT2D eigenvalue weighted by atomic mass is 35.6. The number of benzene rings is 2. The lowest BCUT2D eigenvalue weighted by molar-refractivity contribution is -0.384. The number of alkyl halides is 3. The molecule has 0 aliphatic rings. The predicted molar refractivity (Wildman–Crippen MR) is 125 cm³/mol. The summed E-state index contributed by atoms with van der Waals surface area (Å²) in [5.74, 6) is -0.743. The van der Waals surface area contributed by atoms with Crippen LogP contribution in [0, 0.1) is 10.1 Å². The van der Waals surface area contributed by atoms with Gasteiger partial charge in [-0.05, 0) is 30.4 Å². The Balaban J connectivity index is 2.17. The van der Waals surface area contributed by atoms with Crippen LogP contribution in [0.15, 0.2) is 36.4 Å². The van der Waals surface area contributed by atoms with Gasteiger partial charge in [0, 0.05) is 22.7 Å². The first-order chi connectivity index (χ1) is 13.9. The smallest absolute Gasteiger partial charge is 0.270 e. The van der Waals surface area contributed by atoms with Crippen molar-refractivity contribution in [3.63, 3.8) is 0 Å². The van der Waals surface area contributed by atoms with Crippen molar-refractivity contribution in [2.75, 3.05) is 5.32 Å². The van der Waals surface area contributed by atoms with Gasteiger partial charge >= 0.3 is 0 Å². The molecule has 0 aromatic heterocycles. The van der Waals surface area contributed by atoms with Crippen LogP contribution in [-0.2, 0) is 0 Å². The first-order valence-corrected chi connectivity index (χ1v) is 10.4. The summed E-state index contributed by atoms with van der Waals surface area (Å²) >= 11 is 41.0. The second kappa shape index (κ2) is 10.4. The lowest BCUT2D eigenvalue weighted by atomic mass is 10.2. The zero-order valence-corrected chi connectivity index (χ0v) is 19.7. The summed E-state index contributed by atoms with van der Waals surface area (Å²) in [4.78, 5) is 22.7. The van der Waals surface area contributed by atoms with Gasteiger partial charge in [0.05, 0.1) is 20.7 Å². The molecule has 1 unspecified atom stereocenters. The molecule has 0 fully saturated rings. The van der Waals surface area contributed by atoms with Crippen LogP contribution in [0.4, 0.5) is 11.4 Å². The normalized spacial score (nSPS) is 12.1. The molecule has 1 amide bonds. The molecule has 0 aliphatic carbocycles. The maximum atomic E-state index is 12.5. The number of carbonyl (C=O) groups excluding carboxylic acids is 1. The summed E-state index contributed by atoms with van der Waals surface area (Å²) in [6, 6.07) is 7.91. The first kappa shape index (κ1) is 25.0. The van der Waals surface area contributed by atoms with Crippen LogP contribution < -0.4 is 16.0 Å². The largest absolute Gasteiger partial charge is 0.339 e. The quantitative estimate of drug-likeness (QED) is 0.140. The lowest BCUT2D eigenvalue weighted by Gasteiger charge is -2.28. The van der Waals surface area contributed by atoms with Crippen molar-refractivity contribution in [3.8, 4) is 0 Å². The molecule has 160 valence electrons. The SMILES string of the molecule is O=C(NC(NC(=S)Nc1c(Cl)cc(Cl)cc1Cl)C(Cl)(Cl)Cl)c1cccc([N+](=O)[O-])c1. The van der Waals surface area contributed by atoms with Crippen LogP contribution in [0.3, 0.4) is 0 Å². The molecule has 2 aromatic rings. The maximum Gasteiger partial charge on any atom is 0.270 e. The van der Waals surface area contributed by atoms with Gasteiger partial charge in [-0.3, -0.25) is 14.9 Å². The molecule has 3 N–H and O–H groups in total. The molecular formula is C16H10Cl6N4O3S. The number of nitrogens with zero attached hydrogens (tertiary/aromatic N) is 1. The third kappa shape index (κ3) is 6.88. The van der Waals surface area contributed by atoms with Gasteiger partial charge in [0.2, 0.25) is 3.79 Å². The van der Waals surface area contributed by atoms with E-state index < -0.39 is 20.8 Å². The number of anilines is 1. The molecule has 0 bridgehead atoms. The molecule has 2 rings (SSSR count). The van der Waals surface area contributed by atoms with Crippen molar-refractivity contribution in [2.24, 2.45) is 0 Å². The Morgan fingerprint density at radius 3 is 2.20 bits per heavy atom. The first-order valence-electron chi connectivity index (χ1n) is 7.72. The lowest BCUT2D eigenvalue weighted by Crippen LogP contribution is -2.56. The molecule has 1 atom stereocenters. The minimum absolute atomic E-state index is 0.0204. The molecule has 0 aliphatic heterocycles. The van der Waals surface area contributed by atoms with E-state index in [-0.39, 0.29) is 32.1 Å². The Morgan fingerprint density at radius 2 is 1.67 bits per heavy atom. The Hall–Kier alpha value is -1.26. The number of amides is 1. The molecular weight excluding hydrogens is 541 g/mol. The van der Waals surface area contributed by atoms with E-state index in [9.17, 15) is 14.9 Å². The molecule has 2 aromatic carbocycles. The van der Waals surface area contributed by atoms with Crippen molar-refractivity contribution in [2.45, 2.75) is 9.96 Å². The molecule has 7 nitrogen and oxygen atoms in total. The van der Waals surface area contributed by atoms with Gasteiger partial charge in [-0.15, -0.1) is 0 Å². The average Bonchev–Trinajstić information content (AvgIpc) is 2.63. The average molecular weight is 551 g/mol. The minimum Gasteiger partial charge on any atom is -0.339 e. The molecule has 0 saturated carbocycles. The fourth-order valence-electron chi connectivity index (χ4n) is 2.12. The van der Waals surface area contributed by atoms with E-state index >= 15 is 0 Å². The van der Waals surface area contributed by atoms with Crippen LogP contribution in [0.5, 0.6) is 0 Å². The standard InChI is InChI=1S/C16H10Cl6N4O3S/c17-8-5-10(18)12(11(19)6-8)23-15(30)25-14(16(20,21)22)24-13(27)7-2-1-3-9(4-7)26(28)29/h1-6,14H,(H,24,27)(H2,23,25,30). The monoisotopic (exact) mass is 548 g/mol. The van der Waals surface area contributed by atoms with Gasteiger partial charge in [-0.1, -0.05) is 75.7 Å². The third-order valence-electron chi connectivity index (χ3n) is 3.44. The molecule has 14 heteroatoms. The van der Waals surface area contributed by atoms with E-state index in [4.69, 9.17) is 81.8 Å². The number of nitrogens with one attached hydrogen (secondary N) is 3. The number of carbonyl (C=O) groups is 1. The van der Waals surface area contributed by atoms with Gasteiger partial charge in [-0.2, -0.15) is 0 Å². The van der Waals surface area contributed by atoms with Crippen molar-refractivity contribution in [3.05, 3.63) is 67.1 Å². The topological polar surface area (TPSA) is 96.3 Å². The number of nitro benzene ring substituents is 1. The van der Waals surface area contributed by atoms with Crippen LogP contribution in [0.25, 0.3) is 0 Å². The number of non-ortho nitro benzene ring substituents is 1. The second-order valence-electron chi connectivity index (χ2n) is 5.60. The summed E-state index contributed by atoms with van der Waals surface area (Å²) in [6.07, 6.45) is -1.32. The van der Waals surface area contributed by atoms with E-state index in [1.807, 2.05) is 0 Å². The highest BCUT2D eigenvalue weighted by Crippen LogP contribution is 2.34. The summed E-state index contributed by atoms with van der Waals surface area (Å²) in [5, 5.41) is 19.3. The molecule has 0 spiro atoms. The summed E-state index contributed by atoms with van der Waals surface area (Å²) < 4.78 is -2.05. The summed E-state index contributed by atoms with van der Waals surface area (Å²) in [6.45, 7) is 0. The Labute approximate surface area is 206 Å². The fourth-order valence-corrected chi connectivity index (χ4v) is 3.58. The zero-order valence-electron chi connectivity index (χ0n) is 14.4. The summed E-state index contributed by atoms with van der Waals surface area (Å²) in [5.41, 5.74) is -0.0496. The Kier molecular flexibility index (Phi) is 8.64. The highest BCUT2D eigenvalue weighted by Gasteiger charge is 2.35. The highest BCUT2D eigenvalue weighted by molar-refractivity contribution is 7.80. The molecule has 30 heavy (non-hydrogen) atoms. The Bertz CT molecular complexity index is 978. The Morgan fingerprint density at radius 1 is 1.07 bits per heavy atom. The van der Waals surface area contributed by atoms with E-state index in [0.29, 0.717) is 5.02 Å². The van der Waals surface area contributed by atoms with E-state index in [2.05, 4.69) is 16.0 Å². The number of hydrogen-bond acceptors (Lipinski definition) is 4. The molecule has 0 saturated heterocycles. The van der Waals surface area contributed by atoms with Crippen LogP contribution in [0.2, 0.25) is 15.1 Å². The fraction of sp³-hybridized carbons (Fsp3) is 0.125. The zero-order chi connectivity index (χ0) is 22.6. The van der Waals surface area contributed by atoms with Gasteiger partial charge < -0.3 is 16.0 Å². The van der Waals surface area contributed by atoms with Crippen LogP contribution >= 0.6 is 81.8 Å². The van der Waals surface area contributed by atoms with Gasteiger partial charge in [0.15, 0.2) is 5.11 Å². The van der Waals surface area contributed by atoms with Crippen molar-refractivity contribution in [1.82, 2.24) is 10.6 Å². The second-order valence-corrected chi connectivity index (χ2v) is 9.63. The van der Waals surface area contributed by atoms with Gasteiger partial charge in [0.25, 0.3) is 11.6 Å². The number of halogens is 6. The number of hydrogen-bond donors (Lipinski definition) is 3. The number of nitro groups is 1.